The summed E-state index contributed by atoms with van der Waals surface area (Å²) in [7, 11) is 1.27. The lowest BCUT2D eigenvalue weighted by Gasteiger charge is -2.26. The van der Waals surface area contributed by atoms with E-state index in [-0.39, 0.29) is 16.5 Å². The number of carbonyl (C=O) groups is 1. The molecule has 134 valence electrons. The Hall–Kier alpha value is -2.44. The van der Waals surface area contributed by atoms with Gasteiger partial charge in [-0.25, -0.2) is 9.18 Å². The van der Waals surface area contributed by atoms with E-state index in [0.29, 0.717) is 22.8 Å². The highest BCUT2D eigenvalue weighted by atomic mass is 35.5. The summed E-state index contributed by atoms with van der Waals surface area (Å²) in [4.78, 5) is 21.2. The molecule has 0 saturated heterocycles. The number of aliphatic imine (C=N–C) groups is 1. The number of ether oxygens (including phenoxy) is 1. The number of benzene rings is 1. The van der Waals surface area contributed by atoms with Crippen LogP contribution < -0.4 is 5.32 Å². The molecule has 1 atom stereocenters. The molecule has 0 saturated carbocycles. The van der Waals surface area contributed by atoms with E-state index in [1.807, 2.05) is 6.07 Å². The van der Waals surface area contributed by atoms with Crippen molar-refractivity contribution in [1.82, 2.24) is 10.3 Å². The molecule has 8 heteroatoms. The summed E-state index contributed by atoms with van der Waals surface area (Å²) in [6, 6.07) is 8.47. The molecule has 0 amide bonds. The highest BCUT2D eigenvalue weighted by Crippen LogP contribution is 2.36. The topological polar surface area (TPSA) is 63.6 Å². The number of pyridine rings is 1. The summed E-state index contributed by atoms with van der Waals surface area (Å²) < 4.78 is 18.3. The second kappa shape index (κ2) is 7.85. The summed E-state index contributed by atoms with van der Waals surface area (Å²) >= 11 is 12.3. The van der Waals surface area contributed by atoms with Crippen molar-refractivity contribution in [3.63, 3.8) is 0 Å². The molecule has 1 aromatic heterocycles. The summed E-state index contributed by atoms with van der Waals surface area (Å²) in [5.41, 5.74) is 1.68. The van der Waals surface area contributed by atoms with Gasteiger partial charge in [-0.1, -0.05) is 23.7 Å². The number of nitrogens with one attached hydrogen (secondary N) is 1. The van der Waals surface area contributed by atoms with Gasteiger partial charge in [0, 0.05) is 22.5 Å². The zero-order valence-electron chi connectivity index (χ0n) is 13.7. The molecular formula is C18H14Cl2FN3O2. The Morgan fingerprint density at radius 1 is 1.35 bits per heavy atom. The van der Waals surface area contributed by atoms with Crippen LogP contribution in [-0.4, -0.2) is 29.8 Å². The van der Waals surface area contributed by atoms with Crippen LogP contribution in [0.15, 0.2) is 58.9 Å². The van der Waals surface area contributed by atoms with E-state index in [1.165, 1.54) is 25.3 Å². The van der Waals surface area contributed by atoms with Crippen molar-refractivity contribution in [3.8, 4) is 0 Å². The Morgan fingerprint density at radius 2 is 2.15 bits per heavy atom. The van der Waals surface area contributed by atoms with E-state index in [0.717, 1.165) is 0 Å². The fraction of sp³-hybridized carbons (Fsp3) is 0.167. The second-order valence-corrected chi connectivity index (χ2v) is 6.08. The molecule has 1 aliphatic rings. The van der Waals surface area contributed by atoms with Gasteiger partial charge in [0.1, 0.15) is 17.6 Å². The predicted molar refractivity (Wildman–Crippen MR) is 97.8 cm³/mol. The number of methoxy groups -OCH3 is 1. The third-order valence-electron chi connectivity index (χ3n) is 3.83. The van der Waals surface area contributed by atoms with Gasteiger partial charge >= 0.3 is 5.97 Å². The average Bonchev–Trinajstić information content (AvgIpc) is 2.67. The van der Waals surface area contributed by atoms with Crippen LogP contribution in [0.1, 0.15) is 17.3 Å². The van der Waals surface area contributed by atoms with E-state index < -0.39 is 17.8 Å². The fourth-order valence-electron chi connectivity index (χ4n) is 2.63. The predicted octanol–water partition coefficient (Wildman–Crippen LogP) is 3.63. The first-order chi connectivity index (χ1) is 12.5. The molecule has 5 nitrogen and oxygen atoms in total. The number of hydrogen-bond acceptors (Lipinski definition) is 5. The minimum absolute atomic E-state index is 0.0194. The van der Waals surface area contributed by atoms with E-state index in [9.17, 15) is 9.18 Å². The molecule has 2 aromatic rings. The molecule has 1 aliphatic heterocycles. The molecule has 26 heavy (non-hydrogen) atoms. The van der Waals surface area contributed by atoms with Crippen LogP contribution in [0.4, 0.5) is 4.39 Å². The van der Waals surface area contributed by atoms with Crippen LogP contribution >= 0.6 is 23.2 Å². The lowest BCUT2D eigenvalue weighted by Crippen LogP contribution is -2.35. The fourth-order valence-corrected chi connectivity index (χ4v) is 3.11. The van der Waals surface area contributed by atoms with Crippen LogP contribution in [0.25, 0.3) is 0 Å². The lowest BCUT2D eigenvalue weighted by atomic mass is 9.95. The van der Waals surface area contributed by atoms with Crippen molar-refractivity contribution in [3.05, 3.63) is 76.0 Å². The number of aromatic nitrogens is 1. The maximum absolute atomic E-state index is 13.5. The Labute approximate surface area is 159 Å². The van der Waals surface area contributed by atoms with E-state index in [1.54, 1.807) is 18.3 Å². The molecule has 0 spiro atoms. The number of nitrogens with zero attached hydrogens (tertiary/aromatic N) is 2. The molecule has 0 bridgehead atoms. The third kappa shape index (κ3) is 3.57. The van der Waals surface area contributed by atoms with Gasteiger partial charge in [-0.05, 0) is 24.3 Å². The van der Waals surface area contributed by atoms with Crippen molar-refractivity contribution in [2.24, 2.45) is 4.99 Å². The van der Waals surface area contributed by atoms with Crippen LogP contribution in [0.5, 0.6) is 0 Å². The third-order valence-corrected chi connectivity index (χ3v) is 4.42. The first-order valence-electron chi connectivity index (χ1n) is 7.63. The Morgan fingerprint density at radius 3 is 2.77 bits per heavy atom. The molecule has 0 fully saturated rings. The Bertz CT molecular complexity index is 901. The largest absolute Gasteiger partial charge is 0.466 e. The highest BCUT2D eigenvalue weighted by Gasteiger charge is 2.33. The van der Waals surface area contributed by atoms with Crippen molar-refractivity contribution in [2.45, 2.75) is 6.04 Å². The first kappa shape index (κ1) is 18.4. The van der Waals surface area contributed by atoms with Crippen LogP contribution in [-0.2, 0) is 9.53 Å². The number of halogens is 3. The van der Waals surface area contributed by atoms with Crippen LogP contribution in [0.2, 0.25) is 5.02 Å². The van der Waals surface area contributed by atoms with Gasteiger partial charge in [0.15, 0.2) is 5.84 Å². The summed E-state index contributed by atoms with van der Waals surface area (Å²) in [6.07, 6.45) is 1.62. The molecule has 2 heterocycles. The van der Waals surface area contributed by atoms with Gasteiger partial charge in [-0.2, -0.15) is 0 Å². The molecule has 1 unspecified atom stereocenters. The molecule has 1 aromatic carbocycles. The van der Waals surface area contributed by atoms with Crippen molar-refractivity contribution in [2.75, 3.05) is 13.0 Å². The van der Waals surface area contributed by atoms with Crippen molar-refractivity contribution in [1.29, 1.82) is 0 Å². The van der Waals surface area contributed by atoms with Crippen LogP contribution in [0.3, 0.4) is 0 Å². The minimum Gasteiger partial charge on any atom is -0.466 e. The molecular weight excluding hydrogens is 380 g/mol. The molecule has 0 radical (unpaired) electrons. The number of esters is 1. The minimum atomic E-state index is -0.803. The van der Waals surface area contributed by atoms with Gasteiger partial charge in [0.25, 0.3) is 0 Å². The molecule has 1 N–H and O–H groups in total. The summed E-state index contributed by atoms with van der Waals surface area (Å²) in [6.45, 7) is 0. The van der Waals surface area contributed by atoms with Gasteiger partial charge in [0.05, 0.1) is 18.6 Å². The van der Waals surface area contributed by atoms with E-state index >= 15 is 0 Å². The smallest absolute Gasteiger partial charge is 0.338 e. The number of hydrogen-bond donors (Lipinski definition) is 1. The number of carbonyl (C=O) groups excluding carboxylic acids is 1. The standard InChI is InChI=1S/C18H14Cl2FN3O2/c1-26-18(25)15-14(9-19)23-17(13-4-2-3-7-22-13)24-16(15)11-6-5-10(21)8-12(11)20/h2-8,16H,9H2,1H3,(H,23,24). The number of rotatable bonds is 4. The maximum Gasteiger partial charge on any atom is 0.338 e. The number of allylic oxidation sites excluding steroid dienone is 1. The maximum atomic E-state index is 13.5. The molecule has 0 aliphatic carbocycles. The Balaban J connectivity index is 2.18. The van der Waals surface area contributed by atoms with Gasteiger partial charge in [-0.15, -0.1) is 11.6 Å². The zero-order valence-corrected chi connectivity index (χ0v) is 15.2. The second-order valence-electron chi connectivity index (χ2n) is 5.40. The summed E-state index contributed by atoms with van der Waals surface area (Å²) in [5, 5.41) is 3.18. The summed E-state index contributed by atoms with van der Waals surface area (Å²) in [5.74, 6) is -0.629. The quantitative estimate of drug-likeness (QED) is 0.636. The number of alkyl halides is 1. The van der Waals surface area contributed by atoms with Gasteiger partial charge in [-0.3, -0.25) is 9.98 Å². The normalized spacial score (nSPS) is 16.8. The van der Waals surface area contributed by atoms with Crippen molar-refractivity contribution >= 4 is 35.0 Å². The first-order valence-corrected chi connectivity index (χ1v) is 8.55. The van der Waals surface area contributed by atoms with Gasteiger partial charge < -0.3 is 10.1 Å². The number of amidine groups is 1. The lowest BCUT2D eigenvalue weighted by molar-refractivity contribution is -0.136. The SMILES string of the molecule is COC(=O)C1=C(CCl)NC(c2ccccn2)=NC1c1ccc(F)cc1Cl. The zero-order chi connectivity index (χ0) is 18.7. The van der Waals surface area contributed by atoms with Gasteiger partial charge in [0.2, 0.25) is 0 Å². The van der Waals surface area contributed by atoms with Crippen LogP contribution in [0, 0.1) is 5.82 Å². The highest BCUT2D eigenvalue weighted by molar-refractivity contribution is 6.31. The molecule has 3 rings (SSSR count). The van der Waals surface area contributed by atoms with Crippen molar-refractivity contribution < 1.29 is 13.9 Å². The van der Waals surface area contributed by atoms with E-state index in [2.05, 4.69) is 15.3 Å². The average molecular weight is 394 g/mol. The monoisotopic (exact) mass is 393 g/mol. The van der Waals surface area contributed by atoms with E-state index in [4.69, 9.17) is 27.9 Å². The Kier molecular flexibility index (Phi) is 5.54.